The smallest absolute Gasteiger partial charge is 0.239 e. The number of rotatable bonds is 6. The fourth-order valence-corrected chi connectivity index (χ4v) is 4.00. The van der Waals surface area contributed by atoms with E-state index in [2.05, 4.69) is 25.6 Å². The summed E-state index contributed by atoms with van der Waals surface area (Å²) in [7, 11) is 0. The van der Waals surface area contributed by atoms with Crippen molar-refractivity contribution in [1.29, 1.82) is 0 Å². The molecule has 0 unspecified atom stereocenters. The topological polar surface area (TPSA) is 113 Å². The maximum atomic E-state index is 12.6. The Balaban J connectivity index is 1.50. The molecule has 4 heterocycles. The van der Waals surface area contributed by atoms with Gasteiger partial charge in [0, 0.05) is 43.7 Å². The number of nitrogens with zero attached hydrogens (tertiary/aromatic N) is 4. The summed E-state index contributed by atoms with van der Waals surface area (Å²) in [5.41, 5.74) is 0.617. The number of hydrogen-bond acceptors (Lipinski definition) is 8. The Hall–Kier alpha value is -3.11. The summed E-state index contributed by atoms with van der Waals surface area (Å²) < 4.78 is 5.66. The number of furan rings is 1. The lowest BCUT2D eigenvalue weighted by atomic mass is 10.3. The van der Waals surface area contributed by atoms with Gasteiger partial charge in [-0.25, -0.2) is 15.0 Å². The summed E-state index contributed by atoms with van der Waals surface area (Å²) in [6.07, 6.45) is 2.53. The van der Waals surface area contributed by atoms with Gasteiger partial charge in [0.1, 0.15) is 22.3 Å². The summed E-state index contributed by atoms with van der Waals surface area (Å²) in [4.78, 5) is 39.1. The van der Waals surface area contributed by atoms with Crippen molar-refractivity contribution >= 4 is 29.0 Å². The lowest BCUT2D eigenvalue weighted by Crippen LogP contribution is -2.37. The fourth-order valence-electron chi connectivity index (χ4n) is 3.40. The van der Waals surface area contributed by atoms with Crippen LogP contribution in [0.25, 0.3) is 22.3 Å². The Morgan fingerprint density at radius 1 is 1.33 bits per heavy atom. The Morgan fingerprint density at radius 2 is 2.20 bits per heavy atom. The summed E-state index contributed by atoms with van der Waals surface area (Å²) in [6.45, 7) is 4.98. The maximum Gasteiger partial charge on any atom is 0.239 e. The number of carbonyl (C=O) groups is 2. The molecule has 9 nitrogen and oxygen atoms in total. The van der Waals surface area contributed by atoms with E-state index in [9.17, 15) is 9.59 Å². The van der Waals surface area contributed by atoms with Crippen LogP contribution < -0.4 is 10.6 Å². The number of aryl methyl sites for hydroxylation is 1. The van der Waals surface area contributed by atoms with Gasteiger partial charge in [0.05, 0.1) is 6.54 Å². The molecule has 0 saturated carbocycles. The van der Waals surface area contributed by atoms with Gasteiger partial charge in [-0.3, -0.25) is 14.5 Å². The van der Waals surface area contributed by atoms with Gasteiger partial charge in [-0.1, -0.05) is 0 Å². The van der Waals surface area contributed by atoms with Crippen LogP contribution in [0.1, 0.15) is 19.1 Å². The number of nitrogens with one attached hydrogen (secondary N) is 2. The van der Waals surface area contributed by atoms with Crippen molar-refractivity contribution in [3.8, 4) is 22.3 Å². The Kier molecular flexibility index (Phi) is 5.86. The second-order valence-electron chi connectivity index (χ2n) is 7.18. The molecule has 0 spiro atoms. The van der Waals surface area contributed by atoms with Crippen molar-refractivity contribution < 1.29 is 14.0 Å². The van der Waals surface area contributed by atoms with Crippen molar-refractivity contribution in [2.24, 2.45) is 0 Å². The predicted octanol–water partition coefficient (Wildman–Crippen LogP) is 2.32. The van der Waals surface area contributed by atoms with Crippen LogP contribution in [0.4, 0.5) is 5.82 Å². The summed E-state index contributed by atoms with van der Waals surface area (Å²) in [5, 5.41) is 8.35. The van der Waals surface area contributed by atoms with Crippen LogP contribution >= 0.6 is 11.3 Å². The minimum Gasteiger partial charge on any atom is -0.458 e. The molecule has 2 amide bonds. The van der Waals surface area contributed by atoms with E-state index in [0.717, 1.165) is 23.7 Å². The molecule has 30 heavy (non-hydrogen) atoms. The first-order valence-electron chi connectivity index (χ1n) is 9.61. The van der Waals surface area contributed by atoms with Crippen molar-refractivity contribution in [3.63, 3.8) is 0 Å². The van der Waals surface area contributed by atoms with Gasteiger partial charge in [-0.2, -0.15) is 0 Å². The van der Waals surface area contributed by atoms with E-state index >= 15 is 0 Å². The zero-order valence-electron chi connectivity index (χ0n) is 16.7. The van der Waals surface area contributed by atoms with Gasteiger partial charge in [0.15, 0.2) is 11.6 Å². The van der Waals surface area contributed by atoms with Gasteiger partial charge >= 0.3 is 0 Å². The van der Waals surface area contributed by atoms with E-state index in [0.29, 0.717) is 29.6 Å². The van der Waals surface area contributed by atoms with Gasteiger partial charge in [0.25, 0.3) is 0 Å². The molecule has 2 N–H and O–H groups in total. The van der Waals surface area contributed by atoms with Crippen molar-refractivity contribution in [3.05, 3.63) is 35.5 Å². The lowest BCUT2D eigenvalue weighted by Gasteiger charge is -2.16. The third kappa shape index (κ3) is 4.89. The second-order valence-corrected chi connectivity index (χ2v) is 8.07. The summed E-state index contributed by atoms with van der Waals surface area (Å²) >= 11 is 1.46. The zero-order valence-corrected chi connectivity index (χ0v) is 17.5. The van der Waals surface area contributed by atoms with E-state index in [4.69, 9.17) is 4.42 Å². The van der Waals surface area contributed by atoms with Gasteiger partial charge in [0.2, 0.25) is 11.8 Å². The second kappa shape index (κ2) is 8.72. The van der Waals surface area contributed by atoms with Crippen molar-refractivity contribution in [1.82, 2.24) is 25.2 Å². The van der Waals surface area contributed by atoms with E-state index in [-0.39, 0.29) is 24.4 Å². The molecule has 10 heteroatoms. The van der Waals surface area contributed by atoms with Crippen LogP contribution in [-0.4, -0.2) is 57.3 Å². The molecule has 1 aliphatic heterocycles. The van der Waals surface area contributed by atoms with Crippen LogP contribution in [0.5, 0.6) is 0 Å². The molecule has 4 rings (SSSR count). The first-order valence-corrected chi connectivity index (χ1v) is 10.5. The molecule has 0 aromatic carbocycles. The molecule has 1 fully saturated rings. The minimum absolute atomic E-state index is 0.0531. The van der Waals surface area contributed by atoms with E-state index < -0.39 is 0 Å². The largest absolute Gasteiger partial charge is 0.458 e. The van der Waals surface area contributed by atoms with E-state index in [1.165, 1.54) is 18.3 Å². The van der Waals surface area contributed by atoms with Gasteiger partial charge < -0.3 is 15.1 Å². The van der Waals surface area contributed by atoms with Crippen LogP contribution in [0.3, 0.4) is 0 Å². The highest BCUT2D eigenvalue weighted by Crippen LogP contribution is 2.26. The number of carbonyl (C=O) groups excluding carboxylic acids is 2. The van der Waals surface area contributed by atoms with Crippen LogP contribution in [-0.2, 0) is 9.59 Å². The molecule has 0 bridgehead atoms. The van der Waals surface area contributed by atoms with E-state index in [1.54, 1.807) is 18.3 Å². The molecule has 0 radical (unpaired) electrons. The highest BCUT2D eigenvalue weighted by atomic mass is 32.1. The standard InChI is InChI=1S/C20H22N6O3S/c1-12-3-4-16(29-12)19-23-15(20-21-6-8-30-20)9-17(25-19)24-18(28)11-26-7-5-14(10-26)22-13(2)27/h3-4,6,8-9,14H,5,7,10-11H2,1-2H3,(H,22,27)(H,23,24,25,28)/t14-/m0/s1. The minimum atomic E-state index is -0.177. The molecule has 1 aliphatic rings. The Labute approximate surface area is 177 Å². The molecule has 156 valence electrons. The first-order chi connectivity index (χ1) is 14.5. The van der Waals surface area contributed by atoms with Crippen molar-refractivity contribution in [2.45, 2.75) is 26.3 Å². The molecular formula is C20H22N6O3S. The van der Waals surface area contributed by atoms with Crippen LogP contribution in [0.2, 0.25) is 0 Å². The van der Waals surface area contributed by atoms with E-state index in [1.807, 2.05) is 23.3 Å². The van der Waals surface area contributed by atoms with Crippen LogP contribution in [0, 0.1) is 6.92 Å². The average Bonchev–Trinajstić information content (AvgIpc) is 3.43. The molecule has 1 saturated heterocycles. The predicted molar refractivity (Wildman–Crippen MR) is 113 cm³/mol. The number of amides is 2. The number of anilines is 1. The normalized spacial score (nSPS) is 16.5. The molecule has 1 atom stereocenters. The third-order valence-corrected chi connectivity index (χ3v) is 5.45. The summed E-state index contributed by atoms with van der Waals surface area (Å²) in [5.74, 6) is 1.83. The zero-order chi connectivity index (χ0) is 21.1. The quantitative estimate of drug-likeness (QED) is 0.622. The van der Waals surface area contributed by atoms with Crippen LogP contribution in [0.15, 0.2) is 34.2 Å². The molecule has 3 aromatic rings. The van der Waals surface area contributed by atoms with Gasteiger partial charge in [-0.15, -0.1) is 11.3 Å². The molecule has 3 aromatic heterocycles. The number of likely N-dealkylation sites (tertiary alicyclic amines) is 1. The maximum absolute atomic E-state index is 12.6. The first kappa shape index (κ1) is 20.2. The molecular weight excluding hydrogens is 404 g/mol. The van der Waals surface area contributed by atoms with Gasteiger partial charge in [-0.05, 0) is 25.5 Å². The lowest BCUT2D eigenvalue weighted by molar-refractivity contribution is -0.119. The Morgan fingerprint density at radius 3 is 2.90 bits per heavy atom. The van der Waals surface area contributed by atoms with Crippen molar-refractivity contribution in [2.75, 3.05) is 25.0 Å². The Bertz CT molecular complexity index is 1050. The molecule has 0 aliphatic carbocycles. The number of aromatic nitrogens is 3. The third-order valence-electron chi connectivity index (χ3n) is 4.65. The summed E-state index contributed by atoms with van der Waals surface area (Å²) in [6, 6.07) is 5.43. The number of hydrogen-bond donors (Lipinski definition) is 2. The average molecular weight is 427 g/mol. The fraction of sp³-hybridized carbons (Fsp3) is 0.350. The monoisotopic (exact) mass is 426 g/mol. The number of thiazole rings is 1. The SMILES string of the molecule is CC(=O)N[C@H]1CCN(CC(=O)Nc2cc(-c3nccs3)nc(-c3ccc(C)o3)n2)C1. The highest BCUT2D eigenvalue weighted by molar-refractivity contribution is 7.13. The highest BCUT2D eigenvalue weighted by Gasteiger charge is 2.24.